The minimum atomic E-state index is -0.280. The van der Waals surface area contributed by atoms with Crippen LogP contribution in [0.5, 0.6) is 11.5 Å². The Bertz CT molecular complexity index is 1050. The number of H-pyrrole nitrogens is 1. The molecule has 1 heterocycles. The van der Waals surface area contributed by atoms with Gasteiger partial charge in [0.05, 0.1) is 19.7 Å². The molecule has 0 atom stereocenters. The number of rotatable bonds is 5. The van der Waals surface area contributed by atoms with Crippen LogP contribution < -0.4 is 20.3 Å². The lowest BCUT2D eigenvalue weighted by atomic mass is 9.99. The summed E-state index contributed by atoms with van der Waals surface area (Å²) < 4.78 is 10.4. The highest BCUT2D eigenvalue weighted by molar-refractivity contribution is 6.05. The highest BCUT2D eigenvalue weighted by Crippen LogP contribution is 2.28. The molecule has 0 aliphatic carbocycles. The van der Waals surface area contributed by atoms with E-state index in [-0.39, 0.29) is 17.4 Å². The van der Waals surface area contributed by atoms with Crippen molar-refractivity contribution < 1.29 is 14.3 Å². The van der Waals surface area contributed by atoms with Crippen molar-refractivity contribution in [3.05, 3.63) is 63.9 Å². The van der Waals surface area contributed by atoms with Gasteiger partial charge in [0.15, 0.2) is 11.5 Å². The van der Waals surface area contributed by atoms with Crippen LogP contribution in [-0.4, -0.2) is 25.1 Å². The molecule has 6 heteroatoms. The molecule has 0 aliphatic heterocycles. The second-order valence-electron chi connectivity index (χ2n) is 6.53. The number of methoxy groups -OCH3 is 2. The molecule has 0 bridgehead atoms. The van der Waals surface area contributed by atoms with Crippen molar-refractivity contribution in [1.82, 2.24) is 4.98 Å². The Kier molecular flexibility index (Phi) is 5.16. The predicted molar refractivity (Wildman–Crippen MR) is 106 cm³/mol. The lowest BCUT2D eigenvalue weighted by molar-refractivity contribution is 0.102. The third kappa shape index (κ3) is 3.79. The fourth-order valence-electron chi connectivity index (χ4n) is 3.02. The van der Waals surface area contributed by atoms with E-state index in [1.165, 1.54) is 7.11 Å². The van der Waals surface area contributed by atoms with Crippen LogP contribution in [0.15, 0.2) is 47.3 Å². The molecular formula is C21H22N2O4. The zero-order valence-corrected chi connectivity index (χ0v) is 15.8. The number of amides is 1. The van der Waals surface area contributed by atoms with Gasteiger partial charge in [-0.25, -0.2) is 0 Å². The van der Waals surface area contributed by atoms with E-state index in [9.17, 15) is 9.59 Å². The van der Waals surface area contributed by atoms with Gasteiger partial charge < -0.3 is 19.8 Å². The smallest absolute Gasteiger partial charge is 0.255 e. The van der Waals surface area contributed by atoms with E-state index in [1.807, 2.05) is 26.0 Å². The number of benzene rings is 2. The molecule has 0 spiro atoms. The fourth-order valence-corrected chi connectivity index (χ4v) is 3.02. The maximum absolute atomic E-state index is 12.6. The van der Waals surface area contributed by atoms with E-state index in [0.717, 1.165) is 10.9 Å². The number of hydrogen-bond acceptors (Lipinski definition) is 4. The summed E-state index contributed by atoms with van der Waals surface area (Å²) in [5.41, 5.74) is 2.55. The minimum Gasteiger partial charge on any atom is -0.493 e. The topological polar surface area (TPSA) is 80.4 Å². The van der Waals surface area contributed by atoms with E-state index in [4.69, 9.17) is 9.47 Å². The van der Waals surface area contributed by atoms with Gasteiger partial charge in [-0.3, -0.25) is 9.59 Å². The Hall–Kier alpha value is -3.28. The third-order valence-corrected chi connectivity index (χ3v) is 4.40. The highest BCUT2D eigenvalue weighted by atomic mass is 16.5. The van der Waals surface area contributed by atoms with Crippen LogP contribution >= 0.6 is 0 Å². The maximum Gasteiger partial charge on any atom is 0.255 e. The summed E-state index contributed by atoms with van der Waals surface area (Å²) in [5, 5.41) is 3.82. The van der Waals surface area contributed by atoms with Crippen LogP contribution in [0.2, 0.25) is 0 Å². The number of carbonyl (C=O) groups is 1. The second kappa shape index (κ2) is 7.53. The van der Waals surface area contributed by atoms with Crippen molar-refractivity contribution in [2.75, 3.05) is 19.5 Å². The zero-order chi connectivity index (χ0) is 19.6. The minimum absolute atomic E-state index is 0.158. The Morgan fingerprint density at radius 3 is 2.41 bits per heavy atom. The molecule has 0 saturated carbocycles. The van der Waals surface area contributed by atoms with Crippen molar-refractivity contribution in [3.63, 3.8) is 0 Å². The monoisotopic (exact) mass is 366 g/mol. The summed E-state index contributed by atoms with van der Waals surface area (Å²) in [4.78, 5) is 27.3. The first-order valence-corrected chi connectivity index (χ1v) is 8.63. The van der Waals surface area contributed by atoms with Crippen LogP contribution in [0.4, 0.5) is 5.69 Å². The predicted octanol–water partition coefficient (Wildman–Crippen LogP) is 3.92. The molecule has 6 nitrogen and oxygen atoms in total. The summed E-state index contributed by atoms with van der Waals surface area (Å²) in [6.07, 6.45) is 0. The number of fused-ring (bicyclic) bond motifs is 1. The van der Waals surface area contributed by atoms with Crippen LogP contribution in [0.3, 0.4) is 0 Å². The lowest BCUT2D eigenvalue weighted by Gasteiger charge is -2.12. The fraction of sp³-hybridized carbons (Fsp3) is 0.238. The first-order chi connectivity index (χ1) is 12.9. The molecule has 2 aromatic carbocycles. The number of nitrogens with one attached hydrogen (secondary N) is 2. The molecule has 0 fully saturated rings. The zero-order valence-electron chi connectivity index (χ0n) is 15.8. The standard InChI is InChI=1S/C21H22N2O4/c1-12(2)16-11-20(24)23-17-10-14(6-7-15(16)17)22-21(25)13-5-8-18(26-3)19(9-13)27-4/h5-12H,1-4H3,(H,22,25)(H,23,24). The normalized spacial score (nSPS) is 10.9. The molecular weight excluding hydrogens is 344 g/mol. The van der Waals surface area contributed by atoms with Gasteiger partial charge in [0.2, 0.25) is 5.56 Å². The van der Waals surface area contributed by atoms with E-state index in [0.29, 0.717) is 28.3 Å². The second-order valence-corrected chi connectivity index (χ2v) is 6.53. The van der Waals surface area contributed by atoms with Gasteiger partial charge in [0.25, 0.3) is 5.91 Å². The molecule has 3 rings (SSSR count). The van der Waals surface area contributed by atoms with Gasteiger partial charge in [-0.15, -0.1) is 0 Å². The van der Waals surface area contributed by atoms with Gasteiger partial charge >= 0.3 is 0 Å². The molecule has 2 N–H and O–H groups in total. The van der Waals surface area contributed by atoms with E-state index in [2.05, 4.69) is 10.3 Å². The first-order valence-electron chi connectivity index (χ1n) is 8.63. The molecule has 3 aromatic rings. The van der Waals surface area contributed by atoms with Crippen LogP contribution in [-0.2, 0) is 0 Å². The summed E-state index contributed by atoms with van der Waals surface area (Å²) in [6, 6.07) is 12.1. The molecule has 0 aliphatic rings. The number of pyridine rings is 1. The van der Waals surface area contributed by atoms with E-state index >= 15 is 0 Å². The van der Waals surface area contributed by atoms with Crippen LogP contribution in [0.1, 0.15) is 35.7 Å². The van der Waals surface area contributed by atoms with Gasteiger partial charge in [-0.2, -0.15) is 0 Å². The molecule has 0 saturated heterocycles. The molecule has 1 aromatic heterocycles. The van der Waals surface area contributed by atoms with Gasteiger partial charge in [-0.1, -0.05) is 19.9 Å². The van der Waals surface area contributed by atoms with Crippen LogP contribution in [0.25, 0.3) is 10.9 Å². The Morgan fingerprint density at radius 1 is 1.00 bits per heavy atom. The number of aromatic nitrogens is 1. The largest absolute Gasteiger partial charge is 0.493 e. The number of hydrogen-bond donors (Lipinski definition) is 2. The molecule has 0 unspecified atom stereocenters. The summed E-state index contributed by atoms with van der Waals surface area (Å²) in [5.74, 6) is 0.979. The number of anilines is 1. The van der Waals surface area contributed by atoms with Crippen molar-refractivity contribution in [1.29, 1.82) is 0 Å². The van der Waals surface area contributed by atoms with Crippen molar-refractivity contribution in [2.45, 2.75) is 19.8 Å². The summed E-state index contributed by atoms with van der Waals surface area (Å²) in [6.45, 7) is 4.09. The Labute approximate surface area is 157 Å². The molecule has 0 radical (unpaired) electrons. The van der Waals surface area contributed by atoms with E-state index < -0.39 is 0 Å². The Balaban J connectivity index is 1.92. The number of ether oxygens (including phenoxy) is 2. The third-order valence-electron chi connectivity index (χ3n) is 4.40. The quantitative estimate of drug-likeness (QED) is 0.717. The van der Waals surface area contributed by atoms with Gasteiger partial charge in [-0.05, 0) is 41.8 Å². The summed E-state index contributed by atoms with van der Waals surface area (Å²) >= 11 is 0. The SMILES string of the molecule is COc1ccc(C(=O)Nc2ccc3c(C(C)C)cc(=O)[nH]c3c2)cc1OC. The summed E-state index contributed by atoms with van der Waals surface area (Å²) in [7, 11) is 3.06. The van der Waals surface area contributed by atoms with Crippen molar-refractivity contribution in [2.24, 2.45) is 0 Å². The van der Waals surface area contributed by atoms with E-state index in [1.54, 1.807) is 37.4 Å². The number of carbonyl (C=O) groups excluding carboxylic acids is 1. The van der Waals surface area contributed by atoms with Crippen molar-refractivity contribution >= 4 is 22.5 Å². The first kappa shape index (κ1) is 18.5. The lowest BCUT2D eigenvalue weighted by Crippen LogP contribution is -2.13. The Morgan fingerprint density at radius 2 is 1.74 bits per heavy atom. The van der Waals surface area contributed by atoms with Gasteiger partial charge in [0.1, 0.15) is 0 Å². The van der Waals surface area contributed by atoms with Gasteiger partial charge in [0, 0.05) is 22.7 Å². The number of aromatic amines is 1. The average molecular weight is 366 g/mol. The highest BCUT2D eigenvalue weighted by Gasteiger charge is 2.12. The molecule has 140 valence electrons. The average Bonchev–Trinajstić information content (AvgIpc) is 2.66. The molecule has 1 amide bonds. The van der Waals surface area contributed by atoms with Crippen molar-refractivity contribution in [3.8, 4) is 11.5 Å². The molecule has 27 heavy (non-hydrogen) atoms. The maximum atomic E-state index is 12.6. The van der Waals surface area contributed by atoms with Crippen LogP contribution in [0, 0.1) is 0 Å².